The van der Waals surface area contributed by atoms with Crippen molar-refractivity contribution >= 4 is 5.91 Å². The quantitative estimate of drug-likeness (QED) is 0.697. The molecule has 17 heavy (non-hydrogen) atoms. The molecule has 2 aliphatic rings. The molecular weight excluding hydrogens is 220 g/mol. The third kappa shape index (κ3) is 4.26. The number of nitrogens with one attached hydrogen (secondary N) is 1. The summed E-state index contributed by atoms with van der Waals surface area (Å²) >= 11 is 0. The minimum Gasteiger partial charge on any atom is -0.394 e. The summed E-state index contributed by atoms with van der Waals surface area (Å²) in [7, 11) is 0. The smallest absolute Gasteiger partial charge is 0.221 e. The summed E-state index contributed by atoms with van der Waals surface area (Å²) in [5.74, 6) is 0.146. The average molecular weight is 242 g/mol. The minimum atomic E-state index is -0.106. The van der Waals surface area contributed by atoms with E-state index in [1.807, 2.05) is 6.92 Å². The second-order valence-electron chi connectivity index (χ2n) is 5.10. The molecule has 1 aliphatic heterocycles. The molecule has 98 valence electrons. The Hall–Kier alpha value is -0.650. The van der Waals surface area contributed by atoms with E-state index >= 15 is 0 Å². The van der Waals surface area contributed by atoms with Crippen molar-refractivity contribution in [2.24, 2.45) is 0 Å². The van der Waals surface area contributed by atoms with E-state index in [1.165, 1.54) is 0 Å². The Morgan fingerprint density at radius 3 is 2.88 bits per heavy atom. The zero-order chi connectivity index (χ0) is 12.3. The van der Waals surface area contributed by atoms with E-state index in [-0.39, 0.29) is 24.7 Å². The van der Waals surface area contributed by atoms with Gasteiger partial charge in [-0.2, -0.15) is 0 Å². The van der Waals surface area contributed by atoms with Gasteiger partial charge in [0.15, 0.2) is 0 Å². The number of amides is 1. The highest BCUT2D eigenvalue weighted by Gasteiger charge is 2.26. The predicted octanol–water partition coefficient (Wildman–Crippen LogP) is -0.263. The van der Waals surface area contributed by atoms with E-state index in [0.717, 1.165) is 32.5 Å². The predicted molar refractivity (Wildman–Crippen MR) is 63.6 cm³/mol. The highest BCUT2D eigenvalue weighted by atomic mass is 16.5. The SMILES string of the molecule is CC1CN(CCC(=O)NC2CC2)CC(CO)O1. The molecule has 0 aromatic carbocycles. The van der Waals surface area contributed by atoms with E-state index in [2.05, 4.69) is 10.2 Å². The third-order valence-electron chi connectivity index (χ3n) is 3.20. The van der Waals surface area contributed by atoms with Crippen LogP contribution in [0.2, 0.25) is 0 Å². The molecule has 5 heteroatoms. The fourth-order valence-electron chi connectivity index (χ4n) is 2.21. The van der Waals surface area contributed by atoms with Gasteiger partial charge >= 0.3 is 0 Å². The minimum absolute atomic E-state index is 0.0507. The van der Waals surface area contributed by atoms with Crippen molar-refractivity contribution in [3.8, 4) is 0 Å². The topological polar surface area (TPSA) is 61.8 Å². The van der Waals surface area contributed by atoms with Crippen LogP contribution in [0, 0.1) is 0 Å². The standard InChI is InChI=1S/C12H22N2O3/c1-9-6-14(7-11(8-15)17-9)5-4-12(16)13-10-2-3-10/h9-11,15H,2-8H2,1H3,(H,13,16). The van der Waals surface area contributed by atoms with Gasteiger partial charge in [-0.3, -0.25) is 9.69 Å². The van der Waals surface area contributed by atoms with Crippen LogP contribution in [-0.2, 0) is 9.53 Å². The summed E-state index contributed by atoms with van der Waals surface area (Å²) in [5.41, 5.74) is 0. The number of carbonyl (C=O) groups is 1. The Balaban J connectivity index is 1.68. The molecule has 0 spiro atoms. The molecule has 1 aliphatic carbocycles. The molecule has 2 rings (SSSR count). The Morgan fingerprint density at radius 1 is 1.47 bits per heavy atom. The average Bonchev–Trinajstić information content (AvgIpc) is 3.09. The van der Waals surface area contributed by atoms with E-state index in [4.69, 9.17) is 9.84 Å². The summed E-state index contributed by atoms with van der Waals surface area (Å²) in [4.78, 5) is 13.7. The van der Waals surface area contributed by atoms with Gasteiger partial charge in [0.2, 0.25) is 5.91 Å². The zero-order valence-corrected chi connectivity index (χ0v) is 10.4. The van der Waals surface area contributed by atoms with Crippen molar-refractivity contribution in [2.45, 2.75) is 44.4 Å². The molecule has 1 amide bonds. The summed E-state index contributed by atoms with van der Waals surface area (Å²) in [5, 5.41) is 12.1. The molecule has 1 saturated carbocycles. The van der Waals surface area contributed by atoms with Crippen molar-refractivity contribution < 1.29 is 14.6 Å². The Morgan fingerprint density at radius 2 is 2.24 bits per heavy atom. The van der Waals surface area contributed by atoms with Crippen LogP contribution in [-0.4, -0.2) is 60.4 Å². The van der Waals surface area contributed by atoms with Gasteiger partial charge in [-0.1, -0.05) is 0 Å². The number of ether oxygens (including phenoxy) is 1. The summed E-state index contributed by atoms with van der Waals surface area (Å²) in [6.07, 6.45) is 2.83. The maximum Gasteiger partial charge on any atom is 0.221 e. The van der Waals surface area contributed by atoms with E-state index in [0.29, 0.717) is 12.5 Å². The van der Waals surface area contributed by atoms with Gasteiger partial charge in [0.1, 0.15) is 0 Å². The third-order valence-corrected chi connectivity index (χ3v) is 3.20. The number of nitrogens with zero attached hydrogens (tertiary/aromatic N) is 1. The maximum atomic E-state index is 11.6. The number of hydrogen-bond acceptors (Lipinski definition) is 4. The van der Waals surface area contributed by atoms with Crippen LogP contribution in [0.4, 0.5) is 0 Å². The van der Waals surface area contributed by atoms with Gasteiger partial charge in [-0.25, -0.2) is 0 Å². The lowest BCUT2D eigenvalue weighted by Gasteiger charge is -2.35. The number of carbonyl (C=O) groups excluding carboxylic acids is 1. The first-order valence-corrected chi connectivity index (χ1v) is 6.45. The monoisotopic (exact) mass is 242 g/mol. The maximum absolute atomic E-state index is 11.6. The van der Waals surface area contributed by atoms with E-state index < -0.39 is 0 Å². The lowest BCUT2D eigenvalue weighted by molar-refractivity contribution is -0.123. The van der Waals surface area contributed by atoms with E-state index in [1.54, 1.807) is 0 Å². The molecule has 0 radical (unpaired) electrons. The zero-order valence-electron chi connectivity index (χ0n) is 10.4. The molecule has 2 atom stereocenters. The van der Waals surface area contributed by atoms with Gasteiger partial charge in [0.05, 0.1) is 18.8 Å². The molecule has 5 nitrogen and oxygen atoms in total. The molecule has 1 heterocycles. The second-order valence-corrected chi connectivity index (χ2v) is 5.10. The van der Waals surface area contributed by atoms with E-state index in [9.17, 15) is 4.79 Å². The van der Waals surface area contributed by atoms with Crippen molar-refractivity contribution in [1.29, 1.82) is 0 Å². The number of morpholine rings is 1. The van der Waals surface area contributed by atoms with Crippen molar-refractivity contribution in [3.63, 3.8) is 0 Å². The highest BCUT2D eigenvalue weighted by Crippen LogP contribution is 2.18. The van der Waals surface area contributed by atoms with Crippen LogP contribution < -0.4 is 5.32 Å². The van der Waals surface area contributed by atoms with Gasteiger partial charge in [-0.05, 0) is 19.8 Å². The molecule has 0 bridgehead atoms. The van der Waals surface area contributed by atoms with Crippen LogP contribution >= 0.6 is 0 Å². The fraction of sp³-hybridized carbons (Fsp3) is 0.917. The molecule has 0 aromatic rings. The summed E-state index contributed by atoms with van der Waals surface area (Å²) in [6.45, 7) is 4.36. The van der Waals surface area contributed by atoms with Crippen molar-refractivity contribution in [3.05, 3.63) is 0 Å². The number of hydrogen-bond donors (Lipinski definition) is 2. The van der Waals surface area contributed by atoms with Crippen molar-refractivity contribution in [1.82, 2.24) is 10.2 Å². The molecule has 2 fully saturated rings. The second kappa shape index (κ2) is 5.80. The lowest BCUT2D eigenvalue weighted by Crippen LogP contribution is -2.48. The fourth-order valence-corrected chi connectivity index (χ4v) is 2.21. The lowest BCUT2D eigenvalue weighted by atomic mass is 10.2. The van der Waals surface area contributed by atoms with Crippen LogP contribution in [0.25, 0.3) is 0 Å². The molecule has 1 saturated heterocycles. The van der Waals surface area contributed by atoms with Crippen molar-refractivity contribution in [2.75, 3.05) is 26.2 Å². The molecule has 2 N–H and O–H groups in total. The first kappa shape index (κ1) is 12.8. The Bertz CT molecular complexity index is 268. The van der Waals surface area contributed by atoms with Gasteiger partial charge in [0, 0.05) is 32.1 Å². The van der Waals surface area contributed by atoms with Gasteiger partial charge in [0.25, 0.3) is 0 Å². The van der Waals surface area contributed by atoms with Gasteiger partial charge in [-0.15, -0.1) is 0 Å². The Kier molecular flexibility index (Phi) is 4.36. The normalized spacial score (nSPS) is 30.2. The summed E-state index contributed by atoms with van der Waals surface area (Å²) in [6, 6.07) is 0.441. The molecule has 2 unspecified atom stereocenters. The molecular formula is C12H22N2O3. The first-order valence-electron chi connectivity index (χ1n) is 6.45. The largest absolute Gasteiger partial charge is 0.394 e. The van der Waals surface area contributed by atoms with Crippen LogP contribution in [0.5, 0.6) is 0 Å². The van der Waals surface area contributed by atoms with Gasteiger partial charge < -0.3 is 15.2 Å². The number of rotatable bonds is 5. The highest BCUT2D eigenvalue weighted by molar-refractivity contribution is 5.76. The number of aliphatic hydroxyl groups excluding tert-OH is 1. The van der Waals surface area contributed by atoms with Crippen LogP contribution in [0.1, 0.15) is 26.2 Å². The molecule has 0 aromatic heterocycles. The van der Waals surface area contributed by atoms with Crippen LogP contribution in [0.15, 0.2) is 0 Å². The number of aliphatic hydroxyl groups is 1. The first-order chi connectivity index (χ1) is 8.17. The van der Waals surface area contributed by atoms with Crippen LogP contribution in [0.3, 0.4) is 0 Å². The Labute approximate surface area is 102 Å². The summed E-state index contributed by atoms with van der Waals surface area (Å²) < 4.78 is 5.55.